The second-order valence-electron chi connectivity index (χ2n) is 4.46. The molecule has 4 nitrogen and oxygen atoms in total. The minimum atomic E-state index is -0.352. The van der Waals surface area contributed by atoms with Crippen LogP contribution in [0.15, 0.2) is 6.07 Å². The van der Waals surface area contributed by atoms with Crippen molar-refractivity contribution in [3.63, 3.8) is 0 Å². The predicted molar refractivity (Wildman–Crippen MR) is 60.4 cm³/mol. The van der Waals surface area contributed by atoms with Crippen molar-refractivity contribution in [1.82, 2.24) is 4.98 Å². The summed E-state index contributed by atoms with van der Waals surface area (Å²) in [5.74, 6) is -0.352. The van der Waals surface area contributed by atoms with Gasteiger partial charge in [0, 0.05) is 18.2 Å². The Morgan fingerprint density at radius 1 is 1.47 bits per heavy atom. The molecular weight excluding hydrogens is 192 g/mol. The quantitative estimate of drug-likeness (QED) is 0.735. The Bertz CT molecular complexity index is 361. The SMILES string of the molecule is CNc1cc(C(C)(C)C)[nH]c1C(=O)OC. The number of hydrogen-bond acceptors (Lipinski definition) is 3. The highest BCUT2D eigenvalue weighted by Crippen LogP contribution is 2.27. The molecule has 1 aromatic heterocycles. The lowest BCUT2D eigenvalue weighted by atomic mass is 9.92. The third kappa shape index (κ3) is 2.32. The van der Waals surface area contributed by atoms with Crippen molar-refractivity contribution in [3.05, 3.63) is 17.5 Å². The summed E-state index contributed by atoms with van der Waals surface area (Å²) < 4.78 is 4.69. The van der Waals surface area contributed by atoms with E-state index in [1.165, 1.54) is 7.11 Å². The molecule has 0 aliphatic carbocycles. The van der Waals surface area contributed by atoms with Gasteiger partial charge >= 0.3 is 5.97 Å². The normalized spacial score (nSPS) is 11.3. The van der Waals surface area contributed by atoms with Gasteiger partial charge in [-0.05, 0) is 6.07 Å². The summed E-state index contributed by atoms with van der Waals surface area (Å²) in [5.41, 5.74) is 2.24. The predicted octanol–water partition coefficient (Wildman–Crippen LogP) is 2.14. The van der Waals surface area contributed by atoms with E-state index in [4.69, 9.17) is 4.74 Å². The summed E-state index contributed by atoms with van der Waals surface area (Å²) in [6, 6.07) is 1.94. The maximum atomic E-state index is 11.4. The molecule has 4 heteroatoms. The maximum absolute atomic E-state index is 11.4. The molecule has 0 amide bonds. The van der Waals surface area contributed by atoms with Crippen LogP contribution in [0.4, 0.5) is 5.69 Å². The Morgan fingerprint density at radius 3 is 2.47 bits per heavy atom. The van der Waals surface area contributed by atoms with Crippen LogP contribution in [0.3, 0.4) is 0 Å². The van der Waals surface area contributed by atoms with Gasteiger partial charge in [-0.3, -0.25) is 0 Å². The number of H-pyrrole nitrogens is 1. The molecule has 2 N–H and O–H groups in total. The van der Waals surface area contributed by atoms with Crippen LogP contribution in [0.25, 0.3) is 0 Å². The largest absolute Gasteiger partial charge is 0.464 e. The number of esters is 1. The van der Waals surface area contributed by atoms with Crippen molar-refractivity contribution in [2.75, 3.05) is 19.5 Å². The summed E-state index contributed by atoms with van der Waals surface area (Å²) in [7, 11) is 3.15. The van der Waals surface area contributed by atoms with Gasteiger partial charge in [0.25, 0.3) is 0 Å². The van der Waals surface area contributed by atoms with E-state index in [2.05, 4.69) is 31.1 Å². The van der Waals surface area contributed by atoms with Crippen molar-refractivity contribution in [2.24, 2.45) is 0 Å². The average molecular weight is 210 g/mol. The van der Waals surface area contributed by atoms with Crippen molar-refractivity contribution in [3.8, 4) is 0 Å². The molecule has 1 aromatic rings. The van der Waals surface area contributed by atoms with Crippen LogP contribution < -0.4 is 5.32 Å². The van der Waals surface area contributed by atoms with E-state index in [0.717, 1.165) is 11.4 Å². The van der Waals surface area contributed by atoms with E-state index >= 15 is 0 Å². The van der Waals surface area contributed by atoms with Crippen LogP contribution in [-0.4, -0.2) is 25.1 Å². The summed E-state index contributed by atoms with van der Waals surface area (Å²) in [6.45, 7) is 6.25. The number of anilines is 1. The standard InChI is InChI=1S/C11H18N2O2/c1-11(2,3)8-6-7(12-4)9(13-8)10(14)15-5/h6,12-13H,1-5H3. The molecule has 0 aromatic carbocycles. The number of aromatic nitrogens is 1. The van der Waals surface area contributed by atoms with E-state index in [1.807, 2.05) is 6.07 Å². The summed E-state index contributed by atoms with van der Waals surface area (Å²) in [5, 5.41) is 2.97. The number of methoxy groups -OCH3 is 1. The highest BCUT2D eigenvalue weighted by molar-refractivity contribution is 5.94. The molecule has 1 rings (SSSR count). The molecule has 0 saturated heterocycles. The molecule has 0 aliphatic rings. The molecule has 84 valence electrons. The Labute approximate surface area is 90.0 Å². The number of carbonyl (C=O) groups excluding carboxylic acids is 1. The van der Waals surface area contributed by atoms with Crippen LogP contribution in [0.2, 0.25) is 0 Å². The first-order chi connectivity index (χ1) is 6.90. The zero-order valence-corrected chi connectivity index (χ0v) is 9.89. The summed E-state index contributed by atoms with van der Waals surface area (Å²) in [6.07, 6.45) is 0. The third-order valence-corrected chi connectivity index (χ3v) is 2.28. The number of ether oxygens (including phenoxy) is 1. The third-order valence-electron chi connectivity index (χ3n) is 2.28. The van der Waals surface area contributed by atoms with Gasteiger partial charge in [0.15, 0.2) is 0 Å². The highest BCUT2D eigenvalue weighted by atomic mass is 16.5. The topological polar surface area (TPSA) is 54.1 Å². The fourth-order valence-electron chi connectivity index (χ4n) is 1.32. The molecule has 0 atom stereocenters. The molecule has 0 bridgehead atoms. The number of nitrogens with one attached hydrogen (secondary N) is 2. The monoisotopic (exact) mass is 210 g/mol. The van der Waals surface area contributed by atoms with Gasteiger partial charge < -0.3 is 15.0 Å². The van der Waals surface area contributed by atoms with Gasteiger partial charge in [0.05, 0.1) is 12.8 Å². The van der Waals surface area contributed by atoms with Crippen LogP contribution in [0, 0.1) is 0 Å². The number of aromatic amines is 1. The number of rotatable bonds is 2. The molecule has 1 heterocycles. The van der Waals surface area contributed by atoms with Gasteiger partial charge in [0.2, 0.25) is 0 Å². The highest BCUT2D eigenvalue weighted by Gasteiger charge is 2.21. The average Bonchev–Trinajstić information content (AvgIpc) is 2.59. The van der Waals surface area contributed by atoms with Crippen molar-refractivity contribution in [1.29, 1.82) is 0 Å². The lowest BCUT2D eigenvalue weighted by molar-refractivity contribution is 0.0595. The first-order valence-electron chi connectivity index (χ1n) is 4.89. The zero-order valence-electron chi connectivity index (χ0n) is 9.89. The molecule has 0 saturated carbocycles. The van der Waals surface area contributed by atoms with E-state index in [9.17, 15) is 4.79 Å². The minimum absolute atomic E-state index is 0.0160. The van der Waals surface area contributed by atoms with Crippen molar-refractivity contribution in [2.45, 2.75) is 26.2 Å². The van der Waals surface area contributed by atoms with E-state index in [1.54, 1.807) is 7.05 Å². The van der Waals surface area contributed by atoms with Crippen LogP contribution in [0.1, 0.15) is 37.0 Å². The van der Waals surface area contributed by atoms with E-state index in [-0.39, 0.29) is 11.4 Å². The molecule has 15 heavy (non-hydrogen) atoms. The first kappa shape index (κ1) is 11.6. The summed E-state index contributed by atoms with van der Waals surface area (Å²) in [4.78, 5) is 14.5. The lowest BCUT2D eigenvalue weighted by Gasteiger charge is -2.15. The Balaban J connectivity index is 3.17. The van der Waals surface area contributed by atoms with E-state index < -0.39 is 0 Å². The Hall–Kier alpha value is -1.45. The van der Waals surface area contributed by atoms with Gasteiger partial charge in [0.1, 0.15) is 5.69 Å². The van der Waals surface area contributed by atoms with Crippen LogP contribution >= 0.6 is 0 Å². The molecular formula is C11H18N2O2. The minimum Gasteiger partial charge on any atom is -0.464 e. The summed E-state index contributed by atoms with van der Waals surface area (Å²) >= 11 is 0. The fourth-order valence-corrected chi connectivity index (χ4v) is 1.32. The second kappa shape index (κ2) is 3.96. The molecule has 0 unspecified atom stereocenters. The van der Waals surface area contributed by atoms with Gasteiger partial charge in [-0.25, -0.2) is 4.79 Å². The van der Waals surface area contributed by atoms with Crippen molar-refractivity contribution >= 4 is 11.7 Å². The Morgan fingerprint density at radius 2 is 2.07 bits per heavy atom. The Kier molecular flexibility index (Phi) is 3.07. The smallest absolute Gasteiger partial charge is 0.356 e. The fraction of sp³-hybridized carbons (Fsp3) is 0.545. The van der Waals surface area contributed by atoms with Gasteiger partial charge in [-0.15, -0.1) is 0 Å². The zero-order chi connectivity index (χ0) is 11.6. The van der Waals surface area contributed by atoms with Crippen LogP contribution in [0.5, 0.6) is 0 Å². The van der Waals surface area contributed by atoms with Gasteiger partial charge in [-0.1, -0.05) is 20.8 Å². The molecule has 0 spiro atoms. The second-order valence-corrected chi connectivity index (χ2v) is 4.46. The number of carbonyl (C=O) groups is 1. The van der Waals surface area contributed by atoms with Gasteiger partial charge in [-0.2, -0.15) is 0 Å². The van der Waals surface area contributed by atoms with Crippen LogP contribution in [-0.2, 0) is 10.2 Å². The molecule has 0 radical (unpaired) electrons. The lowest BCUT2D eigenvalue weighted by Crippen LogP contribution is -2.12. The first-order valence-corrected chi connectivity index (χ1v) is 4.89. The van der Waals surface area contributed by atoms with Crippen molar-refractivity contribution < 1.29 is 9.53 Å². The van der Waals surface area contributed by atoms with E-state index in [0.29, 0.717) is 5.69 Å². The number of hydrogen-bond donors (Lipinski definition) is 2. The molecule has 0 aliphatic heterocycles. The molecule has 0 fully saturated rings. The maximum Gasteiger partial charge on any atom is 0.356 e.